The summed E-state index contributed by atoms with van der Waals surface area (Å²) >= 11 is 0. The molecule has 0 aliphatic carbocycles. The summed E-state index contributed by atoms with van der Waals surface area (Å²) in [7, 11) is 1.81. The third-order valence-electron chi connectivity index (χ3n) is 5.59. The molecule has 7 heteroatoms. The molecule has 0 radical (unpaired) electrons. The van der Waals surface area contributed by atoms with E-state index in [2.05, 4.69) is 46.1 Å². The fraction of sp³-hybridized carbons (Fsp3) is 0.292. The highest BCUT2D eigenvalue weighted by molar-refractivity contribution is 6.08. The lowest BCUT2D eigenvalue weighted by Gasteiger charge is -2.12. The van der Waals surface area contributed by atoms with Gasteiger partial charge in [-0.2, -0.15) is 0 Å². The van der Waals surface area contributed by atoms with Crippen molar-refractivity contribution in [2.75, 3.05) is 12.4 Å². The number of imidazole rings is 1. The lowest BCUT2D eigenvalue weighted by Crippen LogP contribution is -2.06. The molecule has 160 valence electrons. The first-order chi connectivity index (χ1) is 15.0. The largest absolute Gasteiger partial charge is 0.478 e. The standard InChI is InChI=1S/C24H27N5O2/c1-3-4-5-20-28-21-22(29(20)14-16-8-6-15(13-25)7-9-16)18-11-10-17(24(30)31)12-19(18)27-23(21)26-2/h6-12H,3-5,13-14,25H2,1-2H3,(H,26,27)(H,30,31). The smallest absolute Gasteiger partial charge is 0.335 e. The van der Waals surface area contributed by atoms with Crippen molar-refractivity contribution in [1.82, 2.24) is 14.5 Å². The van der Waals surface area contributed by atoms with E-state index in [-0.39, 0.29) is 5.56 Å². The Morgan fingerprint density at radius 3 is 2.52 bits per heavy atom. The molecule has 0 aliphatic rings. The quantitative estimate of drug-likeness (QED) is 0.397. The van der Waals surface area contributed by atoms with Gasteiger partial charge < -0.3 is 20.7 Å². The van der Waals surface area contributed by atoms with Crippen LogP contribution in [0, 0.1) is 0 Å². The van der Waals surface area contributed by atoms with Gasteiger partial charge in [-0.3, -0.25) is 0 Å². The maximum absolute atomic E-state index is 11.5. The van der Waals surface area contributed by atoms with E-state index in [0.29, 0.717) is 24.4 Å². The highest BCUT2D eigenvalue weighted by Crippen LogP contribution is 2.31. The molecule has 0 spiro atoms. The third-order valence-corrected chi connectivity index (χ3v) is 5.59. The first-order valence-electron chi connectivity index (χ1n) is 10.6. The second-order valence-corrected chi connectivity index (χ2v) is 7.68. The number of unbranched alkanes of at least 4 members (excludes halogenated alkanes) is 1. The average molecular weight is 418 g/mol. The SMILES string of the molecule is CCCCc1nc2c(NC)nc3cc(C(=O)O)ccc3c2n1Cc1ccc(CN)cc1. The number of aryl methyl sites for hydroxylation is 1. The van der Waals surface area contributed by atoms with E-state index in [0.717, 1.165) is 52.6 Å². The van der Waals surface area contributed by atoms with Gasteiger partial charge >= 0.3 is 5.97 Å². The molecule has 0 saturated carbocycles. The van der Waals surface area contributed by atoms with Gasteiger partial charge in [0.25, 0.3) is 0 Å². The zero-order valence-corrected chi connectivity index (χ0v) is 17.9. The number of hydrogen-bond acceptors (Lipinski definition) is 5. The second kappa shape index (κ2) is 8.73. The summed E-state index contributed by atoms with van der Waals surface area (Å²) in [5.74, 6) is 0.694. The van der Waals surface area contributed by atoms with E-state index in [1.165, 1.54) is 0 Å². The Labute approximate surface area is 180 Å². The van der Waals surface area contributed by atoms with Crippen LogP contribution in [0.3, 0.4) is 0 Å². The molecule has 0 saturated heterocycles. The molecule has 4 aromatic rings. The first kappa shape index (κ1) is 20.8. The lowest BCUT2D eigenvalue weighted by molar-refractivity contribution is 0.0697. The Hall–Kier alpha value is -3.45. The number of nitrogens with one attached hydrogen (secondary N) is 1. The molecule has 0 fully saturated rings. The molecule has 0 unspecified atom stereocenters. The van der Waals surface area contributed by atoms with Gasteiger partial charge in [-0.05, 0) is 35.7 Å². The second-order valence-electron chi connectivity index (χ2n) is 7.68. The van der Waals surface area contributed by atoms with Crippen molar-refractivity contribution in [2.24, 2.45) is 5.73 Å². The van der Waals surface area contributed by atoms with Gasteiger partial charge in [-0.1, -0.05) is 37.6 Å². The molecular formula is C24H27N5O2. The van der Waals surface area contributed by atoms with Crippen molar-refractivity contribution < 1.29 is 9.90 Å². The third kappa shape index (κ3) is 3.96. The van der Waals surface area contributed by atoms with E-state index in [4.69, 9.17) is 10.7 Å². The number of carbonyl (C=O) groups is 1. The van der Waals surface area contributed by atoms with Gasteiger partial charge in [-0.15, -0.1) is 0 Å². The van der Waals surface area contributed by atoms with Gasteiger partial charge in [0.15, 0.2) is 5.82 Å². The van der Waals surface area contributed by atoms with Crippen LogP contribution >= 0.6 is 0 Å². The molecule has 0 atom stereocenters. The summed E-state index contributed by atoms with van der Waals surface area (Å²) in [6, 6.07) is 13.4. The minimum atomic E-state index is -0.966. The number of anilines is 1. The predicted molar refractivity (Wildman–Crippen MR) is 124 cm³/mol. The average Bonchev–Trinajstić information content (AvgIpc) is 3.15. The summed E-state index contributed by atoms with van der Waals surface area (Å²) in [5, 5.41) is 13.4. The number of aromatic carboxylic acids is 1. The molecule has 0 bridgehead atoms. The van der Waals surface area contributed by atoms with Crippen LogP contribution in [-0.4, -0.2) is 32.7 Å². The Kier molecular flexibility index (Phi) is 5.86. The van der Waals surface area contributed by atoms with Crippen molar-refractivity contribution in [2.45, 2.75) is 39.3 Å². The summed E-state index contributed by atoms with van der Waals surface area (Å²) in [6.07, 6.45) is 2.98. The van der Waals surface area contributed by atoms with E-state index in [1.54, 1.807) is 12.1 Å². The van der Waals surface area contributed by atoms with Crippen LogP contribution < -0.4 is 11.1 Å². The van der Waals surface area contributed by atoms with Crippen molar-refractivity contribution in [3.63, 3.8) is 0 Å². The lowest BCUT2D eigenvalue weighted by atomic mass is 10.1. The number of fused-ring (bicyclic) bond motifs is 3. The fourth-order valence-corrected chi connectivity index (χ4v) is 3.90. The normalized spacial score (nSPS) is 11.3. The maximum Gasteiger partial charge on any atom is 0.335 e. The molecular weight excluding hydrogens is 390 g/mol. The van der Waals surface area contributed by atoms with Crippen LogP contribution in [0.1, 0.15) is 47.1 Å². The van der Waals surface area contributed by atoms with Crippen LogP contribution in [0.5, 0.6) is 0 Å². The molecule has 4 rings (SSSR count). The van der Waals surface area contributed by atoms with Gasteiger partial charge in [-0.25, -0.2) is 14.8 Å². The Morgan fingerprint density at radius 1 is 1.13 bits per heavy atom. The molecule has 31 heavy (non-hydrogen) atoms. The van der Waals surface area contributed by atoms with Gasteiger partial charge in [0.2, 0.25) is 0 Å². The molecule has 4 N–H and O–H groups in total. The van der Waals surface area contributed by atoms with Crippen LogP contribution in [0.2, 0.25) is 0 Å². The van der Waals surface area contributed by atoms with Crippen molar-refractivity contribution >= 4 is 33.7 Å². The zero-order valence-electron chi connectivity index (χ0n) is 17.9. The number of carboxylic acid groups (broad SMARTS) is 1. The van der Waals surface area contributed by atoms with E-state index in [1.807, 2.05) is 13.1 Å². The van der Waals surface area contributed by atoms with Crippen molar-refractivity contribution in [3.05, 3.63) is 65.0 Å². The molecule has 2 heterocycles. The topological polar surface area (TPSA) is 106 Å². The Balaban J connectivity index is 1.96. The van der Waals surface area contributed by atoms with E-state index >= 15 is 0 Å². The Bertz CT molecular complexity index is 1240. The molecule has 0 amide bonds. The zero-order chi connectivity index (χ0) is 22.0. The highest BCUT2D eigenvalue weighted by Gasteiger charge is 2.19. The Morgan fingerprint density at radius 2 is 1.87 bits per heavy atom. The van der Waals surface area contributed by atoms with Gasteiger partial charge in [0.1, 0.15) is 11.3 Å². The molecule has 2 aromatic carbocycles. The van der Waals surface area contributed by atoms with Crippen molar-refractivity contribution in [3.8, 4) is 0 Å². The monoisotopic (exact) mass is 417 g/mol. The number of hydrogen-bond donors (Lipinski definition) is 3. The van der Waals surface area contributed by atoms with E-state index in [9.17, 15) is 9.90 Å². The summed E-state index contributed by atoms with van der Waals surface area (Å²) < 4.78 is 2.24. The van der Waals surface area contributed by atoms with E-state index < -0.39 is 5.97 Å². The molecule has 2 aromatic heterocycles. The van der Waals surface area contributed by atoms with Crippen molar-refractivity contribution in [1.29, 1.82) is 0 Å². The number of aromatic nitrogens is 3. The molecule has 7 nitrogen and oxygen atoms in total. The molecule has 0 aliphatic heterocycles. The van der Waals surface area contributed by atoms with Crippen LogP contribution in [0.15, 0.2) is 42.5 Å². The van der Waals surface area contributed by atoms with Gasteiger partial charge in [0, 0.05) is 31.9 Å². The summed E-state index contributed by atoms with van der Waals surface area (Å²) in [5.41, 5.74) is 10.6. The number of benzene rings is 2. The number of carboxylic acids is 1. The first-order valence-corrected chi connectivity index (χ1v) is 10.6. The van der Waals surface area contributed by atoms with Crippen LogP contribution in [0.25, 0.3) is 21.9 Å². The number of nitrogens with two attached hydrogens (primary N) is 1. The highest BCUT2D eigenvalue weighted by atomic mass is 16.4. The maximum atomic E-state index is 11.5. The van der Waals surface area contributed by atoms with Crippen LogP contribution in [-0.2, 0) is 19.5 Å². The summed E-state index contributed by atoms with van der Waals surface area (Å²) in [6.45, 7) is 3.36. The van der Waals surface area contributed by atoms with Crippen LogP contribution in [0.4, 0.5) is 5.82 Å². The number of pyridine rings is 1. The number of nitrogens with zero attached hydrogens (tertiary/aromatic N) is 3. The minimum Gasteiger partial charge on any atom is -0.478 e. The fourth-order valence-electron chi connectivity index (χ4n) is 3.90. The number of rotatable bonds is 8. The summed E-state index contributed by atoms with van der Waals surface area (Å²) in [4.78, 5) is 21.1. The van der Waals surface area contributed by atoms with Gasteiger partial charge in [0.05, 0.1) is 16.6 Å². The minimum absolute atomic E-state index is 0.219. The predicted octanol–water partition coefficient (Wildman–Crippen LogP) is 4.17.